The number of hydrogen-bond donors (Lipinski definition) is 3. The van der Waals surface area contributed by atoms with Crippen LogP contribution in [0.25, 0.3) is 0 Å². The fourth-order valence-corrected chi connectivity index (χ4v) is 3.73. The Morgan fingerprint density at radius 2 is 1.62 bits per heavy atom. The Labute approximate surface area is 174 Å². The van der Waals surface area contributed by atoms with Crippen molar-refractivity contribution in [1.82, 2.24) is 0 Å². The quantitative estimate of drug-likeness (QED) is 0.659. The smallest absolute Gasteiger partial charge is 0.307 e. The molecule has 6 nitrogen and oxygen atoms in total. The average Bonchev–Trinajstić information content (AvgIpc) is 2.70. The second kappa shape index (κ2) is 9.09. The van der Waals surface area contributed by atoms with Gasteiger partial charge >= 0.3 is 5.97 Å². The Bertz CT molecular complexity index is 927. The number of nitrogens with one attached hydrogen (secondary N) is 2. The Morgan fingerprint density at radius 1 is 0.966 bits per heavy atom. The molecule has 1 saturated carbocycles. The van der Waals surface area contributed by atoms with E-state index in [1.165, 1.54) is 0 Å². The van der Waals surface area contributed by atoms with Gasteiger partial charge in [-0.2, -0.15) is 0 Å². The van der Waals surface area contributed by atoms with Crippen molar-refractivity contribution in [3.8, 4) is 0 Å². The van der Waals surface area contributed by atoms with Gasteiger partial charge in [-0.25, -0.2) is 0 Å². The van der Waals surface area contributed by atoms with Gasteiger partial charge in [-0.1, -0.05) is 30.5 Å². The topological polar surface area (TPSA) is 95.5 Å². The largest absolute Gasteiger partial charge is 0.481 e. The van der Waals surface area contributed by atoms with E-state index < -0.39 is 17.8 Å². The van der Waals surface area contributed by atoms with Gasteiger partial charge in [0.15, 0.2) is 0 Å². The van der Waals surface area contributed by atoms with Crippen LogP contribution in [0, 0.1) is 18.8 Å². The van der Waals surface area contributed by atoms with Gasteiger partial charge in [-0.3, -0.25) is 14.4 Å². The van der Waals surface area contributed by atoms with Crippen LogP contribution < -0.4 is 10.6 Å². The molecule has 0 unspecified atom stereocenters. The van der Waals surface area contributed by atoms with E-state index in [2.05, 4.69) is 10.6 Å². The Hall–Kier alpha value is -2.86. The predicted octanol–water partition coefficient (Wildman–Crippen LogP) is 4.73. The van der Waals surface area contributed by atoms with Gasteiger partial charge in [0.1, 0.15) is 0 Å². The number of anilines is 2. The molecule has 2 aromatic rings. The number of rotatable bonds is 5. The summed E-state index contributed by atoms with van der Waals surface area (Å²) in [5.74, 6) is -2.71. The van der Waals surface area contributed by atoms with Crippen molar-refractivity contribution in [2.24, 2.45) is 11.8 Å². The van der Waals surface area contributed by atoms with Gasteiger partial charge in [-0.15, -0.1) is 0 Å². The highest BCUT2D eigenvalue weighted by Crippen LogP contribution is 2.32. The van der Waals surface area contributed by atoms with Crippen molar-refractivity contribution in [1.29, 1.82) is 0 Å². The van der Waals surface area contributed by atoms with E-state index in [1.54, 1.807) is 42.5 Å². The molecular formula is C22H23ClN2O4. The van der Waals surface area contributed by atoms with E-state index in [0.29, 0.717) is 34.8 Å². The number of carbonyl (C=O) groups is 3. The SMILES string of the molecule is Cc1ccc(NC(=O)[C@@H]2CCCC[C@@H]2C(=O)O)cc1NC(=O)c1ccc(Cl)cc1. The first-order valence-electron chi connectivity index (χ1n) is 9.56. The predicted molar refractivity (Wildman–Crippen MR) is 112 cm³/mol. The number of carboxylic acid groups (broad SMARTS) is 1. The molecule has 2 amide bonds. The third-order valence-electron chi connectivity index (χ3n) is 5.28. The molecule has 3 rings (SSSR count). The van der Waals surface area contributed by atoms with Crippen molar-refractivity contribution in [3.63, 3.8) is 0 Å². The molecule has 7 heteroatoms. The molecule has 2 atom stereocenters. The number of carbonyl (C=O) groups excluding carboxylic acids is 2. The zero-order valence-electron chi connectivity index (χ0n) is 16.1. The second-order valence-corrected chi connectivity index (χ2v) is 7.75. The molecular weight excluding hydrogens is 392 g/mol. The summed E-state index contributed by atoms with van der Waals surface area (Å²) in [4.78, 5) is 36.6. The Morgan fingerprint density at radius 3 is 2.28 bits per heavy atom. The number of amides is 2. The molecule has 0 aliphatic heterocycles. The Balaban J connectivity index is 1.73. The molecule has 0 heterocycles. The average molecular weight is 415 g/mol. The molecule has 0 aromatic heterocycles. The maximum Gasteiger partial charge on any atom is 0.307 e. The van der Waals surface area contributed by atoms with E-state index in [1.807, 2.05) is 6.92 Å². The number of halogens is 1. The van der Waals surface area contributed by atoms with Gasteiger partial charge < -0.3 is 15.7 Å². The molecule has 152 valence electrons. The third-order valence-corrected chi connectivity index (χ3v) is 5.53. The van der Waals surface area contributed by atoms with Crippen LogP contribution in [0.4, 0.5) is 11.4 Å². The van der Waals surface area contributed by atoms with Crippen molar-refractivity contribution >= 4 is 40.8 Å². The number of benzene rings is 2. The molecule has 0 spiro atoms. The highest BCUT2D eigenvalue weighted by atomic mass is 35.5. The monoisotopic (exact) mass is 414 g/mol. The molecule has 0 radical (unpaired) electrons. The number of aryl methyl sites for hydroxylation is 1. The Kier molecular flexibility index (Phi) is 6.54. The van der Waals surface area contributed by atoms with Gasteiger partial charge in [0.2, 0.25) is 5.91 Å². The molecule has 1 aliphatic carbocycles. The summed E-state index contributed by atoms with van der Waals surface area (Å²) >= 11 is 5.86. The summed E-state index contributed by atoms with van der Waals surface area (Å²) < 4.78 is 0. The second-order valence-electron chi connectivity index (χ2n) is 7.32. The molecule has 2 aromatic carbocycles. The van der Waals surface area contributed by atoms with Crippen molar-refractivity contribution in [3.05, 3.63) is 58.6 Å². The maximum absolute atomic E-state index is 12.7. The van der Waals surface area contributed by atoms with Gasteiger partial charge in [0, 0.05) is 22.0 Å². The van der Waals surface area contributed by atoms with E-state index >= 15 is 0 Å². The first kappa shape index (κ1) is 20.9. The standard InChI is InChI=1S/C22H23ClN2O4/c1-13-6-11-16(24-21(27)17-4-2-3-5-18(17)22(28)29)12-19(13)25-20(26)14-7-9-15(23)10-8-14/h6-12,17-18H,2-5H2,1H3,(H,24,27)(H,25,26)(H,28,29)/t17-,18+/m1/s1. The van der Waals surface area contributed by atoms with Crippen molar-refractivity contribution in [2.45, 2.75) is 32.6 Å². The van der Waals surface area contributed by atoms with Crippen molar-refractivity contribution in [2.75, 3.05) is 10.6 Å². The molecule has 1 aliphatic rings. The van der Waals surface area contributed by atoms with Crippen LogP contribution in [0.15, 0.2) is 42.5 Å². The zero-order valence-corrected chi connectivity index (χ0v) is 16.8. The number of aliphatic carboxylic acids is 1. The molecule has 0 saturated heterocycles. The van der Waals surface area contributed by atoms with E-state index in [-0.39, 0.29) is 11.8 Å². The highest BCUT2D eigenvalue weighted by molar-refractivity contribution is 6.30. The number of hydrogen-bond acceptors (Lipinski definition) is 3. The minimum atomic E-state index is -0.926. The first-order chi connectivity index (χ1) is 13.8. The van der Waals surface area contributed by atoms with Crippen LogP contribution in [0.3, 0.4) is 0 Å². The highest BCUT2D eigenvalue weighted by Gasteiger charge is 2.35. The summed E-state index contributed by atoms with van der Waals surface area (Å²) in [5, 5.41) is 15.6. The summed E-state index contributed by atoms with van der Waals surface area (Å²) in [7, 11) is 0. The van der Waals surface area contributed by atoms with Gasteiger partial charge in [0.05, 0.1) is 11.8 Å². The summed E-state index contributed by atoms with van der Waals surface area (Å²) in [5.41, 5.74) is 2.39. The van der Waals surface area contributed by atoms with E-state index in [4.69, 9.17) is 11.6 Å². The van der Waals surface area contributed by atoms with Gasteiger partial charge in [0.25, 0.3) is 5.91 Å². The lowest BCUT2D eigenvalue weighted by Crippen LogP contribution is -2.36. The van der Waals surface area contributed by atoms with Gasteiger partial charge in [-0.05, 0) is 61.7 Å². The van der Waals surface area contributed by atoms with E-state index in [9.17, 15) is 19.5 Å². The molecule has 29 heavy (non-hydrogen) atoms. The molecule has 1 fully saturated rings. The lowest BCUT2D eigenvalue weighted by molar-refractivity contribution is -0.147. The summed E-state index contributed by atoms with van der Waals surface area (Å²) in [6.45, 7) is 1.85. The lowest BCUT2D eigenvalue weighted by atomic mass is 9.78. The summed E-state index contributed by atoms with van der Waals surface area (Å²) in [6, 6.07) is 11.8. The number of carboxylic acids is 1. The lowest BCUT2D eigenvalue weighted by Gasteiger charge is -2.27. The fourth-order valence-electron chi connectivity index (χ4n) is 3.61. The van der Waals surface area contributed by atoms with E-state index in [0.717, 1.165) is 18.4 Å². The molecule has 0 bridgehead atoms. The normalized spacial score (nSPS) is 18.7. The van der Waals surface area contributed by atoms with Crippen molar-refractivity contribution < 1.29 is 19.5 Å². The first-order valence-corrected chi connectivity index (χ1v) is 9.94. The van der Waals surface area contributed by atoms with Crippen LogP contribution in [0.5, 0.6) is 0 Å². The molecule has 3 N–H and O–H groups in total. The minimum absolute atomic E-state index is 0.286. The fraction of sp³-hybridized carbons (Fsp3) is 0.318. The van der Waals surface area contributed by atoms with Crippen LogP contribution in [-0.4, -0.2) is 22.9 Å². The van der Waals surface area contributed by atoms with Crippen LogP contribution in [-0.2, 0) is 9.59 Å². The summed E-state index contributed by atoms with van der Waals surface area (Å²) in [6.07, 6.45) is 2.75. The van der Waals surface area contributed by atoms with Crippen LogP contribution >= 0.6 is 11.6 Å². The maximum atomic E-state index is 12.7. The minimum Gasteiger partial charge on any atom is -0.481 e. The van der Waals surface area contributed by atoms with Crippen LogP contribution in [0.2, 0.25) is 5.02 Å². The third kappa shape index (κ3) is 5.15. The van der Waals surface area contributed by atoms with Crippen LogP contribution in [0.1, 0.15) is 41.6 Å². The zero-order chi connectivity index (χ0) is 21.0.